The van der Waals surface area contributed by atoms with E-state index in [0.29, 0.717) is 35.5 Å². The van der Waals surface area contributed by atoms with Gasteiger partial charge in [-0.05, 0) is 35.4 Å². The van der Waals surface area contributed by atoms with Gasteiger partial charge < -0.3 is 9.72 Å². The van der Waals surface area contributed by atoms with Crippen LogP contribution in [-0.2, 0) is 11.3 Å². The summed E-state index contributed by atoms with van der Waals surface area (Å²) in [6, 6.07) is 16.8. The number of aromatic nitrogens is 6. The highest BCUT2D eigenvalue weighted by molar-refractivity contribution is 5.74. The molecule has 1 N–H and O–H groups in total. The molecule has 1 fully saturated rings. The first-order chi connectivity index (χ1) is 18.1. The molecule has 1 aliphatic rings. The van der Waals surface area contributed by atoms with Crippen molar-refractivity contribution >= 4 is 11.2 Å². The normalized spacial score (nSPS) is 14.6. The Labute approximate surface area is 215 Å². The van der Waals surface area contributed by atoms with Gasteiger partial charge in [-0.15, -0.1) is 0 Å². The number of H-pyrrole nitrogens is 1. The second-order valence-electron chi connectivity index (χ2n) is 9.94. The molecule has 37 heavy (non-hydrogen) atoms. The molecular formula is C29H30N6O2. The summed E-state index contributed by atoms with van der Waals surface area (Å²) in [6.45, 7) is 6.31. The lowest BCUT2D eigenvalue weighted by Gasteiger charge is -2.22. The van der Waals surface area contributed by atoms with Crippen LogP contribution in [0.5, 0.6) is 0 Å². The van der Waals surface area contributed by atoms with Gasteiger partial charge in [0.05, 0.1) is 25.0 Å². The molecular weight excluding hydrogens is 464 g/mol. The number of hydrogen-bond acceptors (Lipinski definition) is 5. The van der Waals surface area contributed by atoms with Crippen LogP contribution < -0.4 is 5.69 Å². The summed E-state index contributed by atoms with van der Waals surface area (Å²) in [7, 11) is 0. The maximum absolute atomic E-state index is 12.8. The molecule has 188 valence electrons. The summed E-state index contributed by atoms with van der Waals surface area (Å²) in [5.74, 6) is 0.965. The Kier molecular flexibility index (Phi) is 6.18. The summed E-state index contributed by atoms with van der Waals surface area (Å²) >= 11 is 0. The molecule has 0 saturated carbocycles. The molecule has 1 aliphatic heterocycles. The van der Waals surface area contributed by atoms with Crippen LogP contribution in [0, 0.1) is 0 Å². The Balaban J connectivity index is 1.27. The molecule has 2 aromatic carbocycles. The van der Waals surface area contributed by atoms with E-state index in [4.69, 9.17) is 9.72 Å². The molecule has 6 rings (SSSR count). The van der Waals surface area contributed by atoms with E-state index in [1.54, 1.807) is 10.8 Å². The van der Waals surface area contributed by atoms with Gasteiger partial charge in [0.15, 0.2) is 11.5 Å². The molecule has 0 atom stereocenters. The average Bonchev–Trinajstić information content (AvgIpc) is 3.54. The van der Waals surface area contributed by atoms with E-state index in [1.165, 1.54) is 5.56 Å². The summed E-state index contributed by atoms with van der Waals surface area (Å²) in [5, 5.41) is 4.59. The molecule has 8 nitrogen and oxygen atoms in total. The van der Waals surface area contributed by atoms with Crippen molar-refractivity contribution in [3.8, 4) is 22.5 Å². The number of benzene rings is 2. The summed E-state index contributed by atoms with van der Waals surface area (Å²) in [5.41, 5.74) is 6.43. The van der Waals surface area contributed by atoms with Crippen molar-refractivity contribution in [1.82, 2.24) is 29.3 Å². The maximum Gasteiger partial charge on any atom is 0.328 e. The van der Waals surface area contributed by atoms with Crippen molar-refractivity contribution < 1.29 is 4.74 Å². The van der Waals surface area contributed by atoms with E-state index in [2.05, 4.69) is 70.1 Å². The van der Waals surface area contributed by atoms with E-state index >= 15 is 0 Å². The van der Waals surface area contributed by atoms with Crippen molar-refractivity contribution in [2.75, 3.05) is 13.2 Å². The Bertz CT molecular complexity index is 1590. The molecule has 5 aromatic rings. The zero-order valence-corrected chi connectivity index (χ0v) is 21.1. The number of nitrogens with zero attached hydrogens (tertiary/aromatic N) is 5. The Hall–Kier alpha value is -4.04. The molecule has 0 amide bonds. The lowest BCUT2D eigenvalue weighted by molar-refractivity contribution is 0.0662. The van der Waals surface area contributed by atoms with Crippen molar-refractivity contribution in [3.05, 3.63) is 88.7 Å². The van der Waals surface area contributed by atoms with Gasteiger partial charge in [0, 0.05) is 30.5 Å². The Morgan fingerprint density at radius 2 is 1.81 bits per heavy atom. The van der Waals surface area contributed by atoms with Gasteiger partial charge in [-0.1, -0.05) is 62.4 Å². The highest BCUT2D eigenvalue weighted by Crippen LogP contribution is 2.28. The molecule has 8 heteroatoms. The van der Waals surface area contributed by atoms with Crippen molar-refractivity contribution in [3.63, 3.8) is 0 Å². The van der Waals surface area contributed by atoms with Gasteiger partial charge in [-0.3, -0.25) is 9.25 Å². The van der Waals surface area contributed by atoms with E-state index < -0.39 is 0 Å². The third kappa shape index (κ3) is 4.60. The van der Waals surface area contributed by atoms with Crippen LogP contribution in [0.4, 0.5) is 0 Å². The molecule has 0 bridgehead atoms. The molecule has 0 aliphatic carbocycles. The first-order valence-corrected chi connectivity index (χ1v) is 12.8. The van der Waals surface area contributed by atoms with E-state index in [0.717, 1.165) is 48.3 Å². The quantitative estimate of drug-likeness (QED) is 0.352. The predicted molar refractivity (Wildman–Crippen MR) is 144 cm³/mol. The molecule has 1 saturated heterocycles. The summed E-state index contributed by atoms with van der Waals surface area (Å²) < 4.78 is 9.21. The molecule has 3 aromatic heterocycles. The SMILES string of the molecule is CC(C)c1ccccc1-c1ncc2[nH]c(=O)n(Cc3ccc(-c4cnn(C5CCOCC5)c4)cc3)c2n1. The standard InChI is InChI=1S/C29H30N6O2/c1-19(2)24-5-3-4-6-25(24)27-30-16-26-28(33-27)34(29(36)32-26)17-20-7-9-21(10-8-20)22-15-31-35(18-22)23-11-13-37-14-12-23/h3-10,15-16,18-19,23H,11-14,17H2,1-2H3,(H,32,36). The first kappa shape index (κ1) is 23.4. The number of aromatic amines is 1. The van der Waals surface area contributed by atoms with Crippen molar-refractivity contribution in [2.24, 2.45) is 0 Å². The molecule has 0 spiro atoms. The van der Waals surface area contributed by atoms with E-state index in [9.17, 15) is 4.79 Å². The van der Waals surface area contributed by atoms with Gasteiger partial charge >= 0.3 is 5.69 Å². The number of fused-ring (bicyclic) bond motifs is 1. The Morgan fingerprint density at radius 3 is 2.59 bits per heavy atom. The first-order valence-electron chi connectivity index (χ1n) is 12.8. The van der Waals surface area contributed by atoms with Gasteiger partial charge in [0.25, 0.3) is 0 Å². The van der Waals surface area contributed by atoms with E-state index in [1.807, 2.05) is 24.4 Å². The van der Waals surface area contributed by atoms with Gasteiger partial charge in [0.2, 0.25) is 0 Å². The predicted octanol–water partition coefficient (Wildman–Crippen LogP) is 5.17. The minimum atomic E-state index is -0.194. The zero-order valence-electron chi connectivity index (χ0n) is 21.1. The molecule has 0 radical (unpaired) electrons. The van der Waals surface area contributed by atoms with Crippen LogP contribution in [0.25, 0.3) is 33.7 Å². The van der Waals surface area contributed by atoms with Crippen LogP contribution in [0.1, 0.15) is 49.8 Å². The van der Waals surface area contributed by atoms with Crippen molar-refractivity contribution in [2.45, 2.75) is 45.2 Å². The fraction of sp³-hybridized carbons (Fsp3) is 0.310. The van der Waals surface area contributed by atoms with E-state index in [-0.39, 0.29) is 5.69 Å². The van der Waals surface area contributed by atoms with Crippen LogP contribution >= 0.6 is 0 Å². The van der Waals surface area contributed by atoms with Crippen LogP contribution in [0.15, 0.2) is 71.9 Å². The van der Waals surface area contributed by atoms with Gasteiger partial charge in [-0.25, -0.2) is 14.8 Å². The van der Waals surface area contributed by atoms with Crippen LogP contribution in [0.2, 0.25) is 0 Å². The summed E-state index contributed by atoms with van der Waals surface area (Å²) in [4.78, 5) is 25.1. The minimum absolute atomic E-state index is 0.194. The molecule has 0 unspecified atom stereocenters. The number of rotatable bonds is 6. The second-order valence-corrected chi connectivity index (χ2v) is 9.94. The number of nitrogens with one attached hydrogen (secondary N) is 1. The topological polar surface area (TPSA) is 90.6 Å². The van der Waals surface area contributed by atoms with Gasteiger partial charge in [-0.2, -0.15) is 5.10 Å². The largest absolute Gasteiger partial charge is 0.381 e. The smallest absolute Gasteiger partial charge is 0.328 e. The average molecular weight is 495 g/mol. The zero-order chi connectivity index (χ0) is 25.4. The lowest BCUT2D eigenvalue weighted by Crippen LogP contribution is -2.19. The minimum Gasteiger partial charge on any atom is -0.381 e. The third-order valence-electron chi connectivity index (χ3n) is 7.13. The second kappa shape index (κ2) is 9.78. The third-order valence-corrected chi connectivity index (χ3v) is 7.13. The van der Waals surface area contributed by atoms with Crippen LogP contribution in [0.3, 0.4) is 0 Å². The highest BCUT2D eigenvalue weighted by Gasteiger charge is 2.17. The fourth-order valence-corrected chi connectivity index (χ4v) is 5.05. The number of imidazole rings is 1. The fourth-order valence-electron chi connectivity index (χ4n) is 5.05. The van der Waals surface area contributed by atoms with Gasteiger partial charge in [0.1, 0.15) is 5.52 Å². The lowest BCUT2D eigenvalue weighted by atomic mass is 9.97. The monoisotopic (exact) mass is 494 g/mol. The van der Waals surface area contributed by atoms with Crippen LogP contribution in [-0.4, -0.2) is 42.5 Å². The number of ether oxygens (including phenoxy) is 1. The Morgan fingerprint density at radius 1 is 1.03 bits per heavy atom. The highest BCUT2D eigenvalue weighted by atomic mass is 16.5. The maximum atomic E-state index is 12.8. The molecule has 4 heterocycles. The van der Waals surface area contributed by atoms with Crippen molar-refractivity contribution in [1.29, 1.82) is 0 Å². The number of hydrogen-bond donors (Lipinski definition) is 1. The summed E-state index contributed by atoms with van der Waals surface area (Å²) in [6.07, 6.45) is 7.72.